The van der Waals surface area contributed by atoms with E-state index in [-0.39, 0.29) is 19.6 Å². The molecule has 0 aliphatic rings. The number of carbonyl (C=O) groups is 2. The Hall–Kier alpha value is -2.09. The van der Waals surface area contributed by atoms with E-state index in [2.05, 4.69) is 10.6 Å². The number of nitrogens with two attached hydrogens (primary N) is 1. The van der Waals surface area contributed by atoms with E-state index in [0.29, 0.717) is 5.56 Å². The second-order valence-electron chi connectivity index (χ2n) is 5.72. The number of nitrogens with one attached hydrogen (secondary N) is 2. The van der Waals surface area contributed by atoms with Gasteiger partial charge in [-0.1, -0.05) is 32.0 Å². The molecule has 128 valence electrons. The summed E-state index contributed by atoms with van der Waals surface area (Å²) in [6.07, 6.45) is -4.41. The summed E-state index contributed by atoms with van der Waals surface area (Å²) in [5.41, 5.74) is 4.12. The minimum Gasteiger partial charge on any atom is -0.354 e. The Morgan fingerprint density at radius 1 is 1.09 bits per heavy atom. The van der Waals surface area contributed by atoms with Gasteiger partial charge in [-0.25, -0.2) is 0 Å². The molecule has 1 aromatic rings. The van der Waals surface area contributed by atoms with Crippen LogP contribution < -0.4 is 16.4 Å². The molecule has 5 nitrogen and oxygen atoms in total. The van der Waals surface area contributed by atoms with Crippen molar-refractivity contribution in [2.24, 2.45) is 5.73 Å². The van der Waals surface area contributed by atoms with Crippen molar-refractivity contribution in [3.8, 4) is 0 Å². The topological polar surface area (TPSA) is 84.2 Å². The van der Waals surface area contributed by atoms with E-state index in [1.54, 1.807) is 19.9 Å². The van der Waals surface area contributed by atoms with Crippen LogP contribution in [0.1, 0.15) is 25.0 Å². The van der Waals surface area contributed by atoms with Gasteiger partial charge >= 0.3 is 6.18 Å². The summed E-state index contributed by atoms with van der Waals surface area (Å²) in [4.78, 5) is 22.6. The highest BCUT2D eigenvalue weighted by molar-refractivity contribution is 5.85. The molecule has 0 spiro atoms. The molecule has 2 amide bonds. The molecular weight excluding hydrogens is 311 g/mol. The van der Waals surface area contributed by atoms with Crippen LogP contribution in [0.4, 0.5) is 13.2 Å². The molecule has 0 atom stereocenters. The molecular formula is C15H20F3N3O2. The third kappa shape index (κ3) is 5.90. The van der Waals surface area contributed by atoms with Gasteiger partial charge in [0.25, 0.3) is 0 Å². The Kier molecular flexibility index (Phi) is 6.14. The first-order valence-corrected chi connectivity index (χ1v) is 6.97. The van der Waals surface area contributed by atoms with Gasteiger partial charge in [0, 0.05) is 12.0 Å². The highest BCUT2D eigenvalue weighted by Crippen LogP contribution is 2.32. The first-order valence-electron chi connectivity index (χ1n) is 6.97. The fraction of sp³-hybridized carbons (Fsp3) is 0.467. The Labute approximate surface area is 132 Å². The molecule has 0 aliphatic carbocycles. The van der Waals surface area contributed by atoms with Crippen LogP contribution in [0.2, 0.25) is 0 Å². The number of hydrogen-bond acceptors (Lipinski definition) is 3. The van der Waals surface area contributed by atoms with Gasteiger partial charge < -0.3 is 16.4 Å². The highest BCUT2D eigenvalue weighted by atomic mass is 19.4. The highest BCUT2D eigenvalue weighted by Gasteiger charge is 2.32. The summed E-state index contributed by atoms with van der Waals surface area (Å²) in [5.74, 6) is -0.899. The number of benzene rings is 1. The van der Waals surface area contributed by atoms with E-state index in [1.165, 1.54) is 6.07 Å². The molecule has 0 aromatic heterocycles. The third-order valence-electron chi connectivity index (χ3n) is 3.33. The Morgan fingerprint density at radius 3 is 2.26 bits per heavy atom. The lowest BCUT2D eigenvalue weighted by Crippen LogP contribution is -2.43. The summed E-state index contributed by atoms with van der Waals surface area (Å²) in [6, 6.07) is 4.99. The Morgan fingerprint density at radius 2 is 1.70 bits per heavy atom. The van der Waals surface area contributed by atoms with Gasteiger partial charge in [0.05, 0.1) is 18.7 Å². The molecule has 0 bridgehead atoms. The minimum atomic E-state index is -4.41. The zero-order chi connectivity index (χ0) is 17.7. The lowest BCUT2D eigenvalue weighted by molar-refractivity contribution is -0.137. The van der Waals surface area contributed by atoms with Crippen molar-refractivity contribution in [1.82, 2.24) is 10.6 Å². The van der Waals surface area contributed by atoms with Crippen molar-refractivity contribution in [3.05, 3.63) is 35.4 Å². The third-order valence-corrected chi connectivity index (χ3v) is 3.33. The van der Waals surface area contributed by atoms with Crippen LogP contribution in [-0.4, -0.2) is 31.4 Å². The zero-order valence-electron chi connectivity index (χ0n) is 13.0. The van der Waals surface area contributed by atoms with E-state index >= 15 is 0 Å². The van der Waals surface area contributed by atoms with Crippen LogP contribution in [0.5, 0.6) is 0 Å². The molecule has 8 heteroatoms. The summed E-state index contributed by atoms with van der Waals surface area (Å²) in [6.45, 7) is 3.13. The Bertz CT molecular complexity index is 571. The van der Waals surface area contributed by atoms with Gasteiger partial charge in [0.1, 0.15) is 0 Å². The van der Waals surface area contributed by atoms with Crippen LogP contribution in [0.25, 0.3) is 0 Å². The fourth-order valence-corrected chi connectivity index (χ4v) is 1.85. The molecule has 0 heterocycles. The average Bonchev–Trinajstić information content (AvgIpc) is 2.50. The van der Waals surface area contributed by atoms with Gasteiger partial charge in [-0.05, 0) is 11.6 Å². The van der Waals surface area contributed by atoms with Gasteiger partial charge in [0.15, 0.2) is 0 Å². The minimum absolute atomic E-state index is 0.131. The smallest absolute Gasteiger partial charge is 0.354 e. The molecule has 0 fully saturated rings. The molecule has 1 aromatic carbocycles. The van der Waals surface area contributed by atoms with Gasteiger partial charge in [-0.2, -0.15) is 13.2 Å². The predicted octanol–water partition coefficient (Wildman–Crippen LogP) is 1.17. The van der Waals surface area contributed by atoms with Crippen LogP contribution in [-0.2, 0) is 21.2 Å². The van der Waals surface area contributed by atoms with Crippen molar-refractivity contribution >= 4 is 11.8 Å². The summed E-state index contributed by atoms with van der Waals surface area (Å²) in [7, 11) is 0. The van der Waals surface area contributed by atoms with Crippen molar-refractivity contribution < 1.29 is 22.8 Å². The number of halogens is 3. The lowest BCUT2D eigenvalue weighted by atomic mass is 9.83. The molecule has 0 radical (unpaired) electrons. The van der Waals surface area contributed by atoms with Crippen molar-refractivity contribution in [3.63, 3.8) is 0 Å². The van der Waals surface area contributed by atoms with E-state index in [1.807, 2.05) is 0 Å². The lowest BCUT2D eigenvalue weighted by Gasteiger charge is -2.26. The first-order chi connectivity index (χ1) is 10.6. The molecule has 1 rings (SSSR count). The number of amides is 2. The van der Waals surface area contributed by atoms with Gasteiger partial charge in [-0.15, -0.1) is 0 Å². The standard InChI is InChI=1S/C15H20F3N3O2/c1-14(2,9-21-13(23)8-20-12(22)7-19)10-4-3-5-11(6-10)15(16,17)18/h3-6H,7-9,19H2,1-2H3,(H,20,22)(H,21,23). The van der Waals surface area contributed by atoms with E-state index in [0.717, 1.165) is 12.1 Å². The first kappa shape index (κ1) is 19.0. The van der Waals surface area contributed by atoms with Crippen molar-refractivity contribution in [2.75, 3.05) is 19.6 Å². The fourth-order valence-electron chi connectivity index (χ4n) is 1.85. The summed E-state index contributed by atoms with van der Waals surface area (Å²) < 4.78 is 38.3. The van der Waals surface area contributed by atoms with Crippen LogP contribution >= 0.6 is 0 Å². The second-order valence-corrected chi connectivity index (χ2v) is 5.72. The Balaban J connectivity index is 2.69. The van der Waals surface area contributed by atoms with Crippen molar-refractivity contribution in [2.45, 2.75) is 25.4 Å². The average molecular weight is 331 g/mol. The normalized spacial score (nSPS) is 11.9. The van der Waals surface area contributed by atoms with Crippen LogP contribution in [0.3, 0.4) is 0 Å². The molecule has 0 saturated heterocycles. The number of carbonyl (C=O) groups excluding carboxylic acids is 2. The molecule has 0 unspecified atom stereocenters. The van der Waals surface area contributed by atoms with Gasteiger partial charge in [-0.3, -0.25) is 9.59 Å². The summed E-state index contributed by atoms with van der Waals surface area (Å²) >= 11 is 0. The second kappa shape index (κ2) is 7.45. The molecule has 23 heavy (non-hydrogen) atoms. The summed E-state index contributed by atoms with van der Waals surface area (Å²) in [5, 5.41) is 4.90. The maximum Gasteiger partial charge on any atom is 0.416 e. The molecule has 0 aliphatic heterocycles. The number of alkyl halides is 3. The van der Waals surface area contributed by atoms with Crippen LogP contribution in [0, 0.1) is 0 Å². The van der Waals surface area contributed by atoms with Crippen LogP contribution in [0.15, 0.2) is 24.3 Å². The van der Waals surface area contributed by atoms with Gasteiger partial charge in [0.2, 0.25) is 11.8 Å². The van der Waals surface area contributed by atoms with E-state index in [9.17, 15) is 22.8 Å². The zero-order valence-corrected chi connectivity index (χ0v) is 13.0. The maximum absolute atomic E-state index is 12.8. The van der Waals surface area contributed by atoms with E-state index in [4.69, 9.17) is 5.73 Å². The van der Waals surface area contributed by atoms with Crippen molar-refractivity contribution in [1.29, 1.82) is 0 Å². The quantitative estimate of drug-likeness (QED) is 0.732. The molecule has 4 N–H and O–H groups in total. The number of hydrogen-bond donors (Lipinski definition) is 3. The number of rotatable bonds is 6. The predicted molar refractivity (Wildman–Crippen MR) is 79.5 cm³/mol. The van der Waals surface area contributed by atoms with E-state index < -0.39 is 29.0 Å². The largest absolute Gasteiger partial charge is 0.416 e. The molecule has 0 saturated carbocycles. The SMILES string of the molecule is CC(C)(CNC(=O)CNC(=O)CN)c1cccc(C(F)(F)F)c1. The monoisotopic (exact) mass is 331 g/mol. The maximum atomic E-state index is 12.8.